The standard InChI is InChI=1S/C24H31N3O6/c28-18-4-5-20(29)17(9-18)13-26-19(2-1-3-21(30)25-33)22(31)27(23(26)32)24-10-14-6-15(11-24)8-16(7-14)12-24/h4-5,9,14-16,19,28-29,33H,1-3,6-8,10-13H2,(H,25,30). The Kier molecular flexibility index (Phi) is 5.47. The molecule has 9 heteroatoms. The lowest BCUT2D eigenvalue weighted by Gasteiger charge is -2.58. The van der Waals surface area contributed by atoms with Gasteiger partial charge in [-0.1, -0.05) is 0 Å². The molecule has 1 atom stereocenters. The zero-order valence-electron chi connectivity index (χ0n) is 18.6. The molecule has 0 aromatic heterocycles. The van der Waals surface area contributed by atoms with E-state index in [0.717, 1.165) is 19.3 Å². The zero-order valence-corrected chi connectivity index (χ0v) is 18.6. The molecule has 0 spiro atoms. The number of phenolic OH excluding ortho intramolecular Hbond substituents is 2. The van der Waals surface area contributed by atoms with Gasteiger partial charge in [0.05, 0.1) is 12.1 Å². The summed E-state index contributed by atoms with van der Waals surface area (Å²) in [5.74, 6) is 0.829. The van der Waals surface area contributed by atoms with E-state index >= 15 is 0 Å². The van der Waals surface area contributed by atoms with Gasteiger partial charge in [0.25, 0.3) is 5.91 Å². The third-order valence-corrected chi connectivity index (χ3v) is 8.21. The van der Waals surface area contributed by atoms with Crippen LogP contribution in [0.2, 0.25) is 0 Å². The number of carbonyl (C=O) groups is 3. The third-order valence-electron chi connectivity index (χ3n) is 8.21. The molecule has 1 unspecified atom stereocenters. The van der Waals surface area contributed by atoms with Gasteiger partial charge in [-0.15, -0.1) is 0 Å². The van der Waals surface area contributed by atoms with Crippen LogP contribution in [0.3, 0.4) is 0 Å². The van der Waals surface area contributed by atoms with Gasteiger partial charge in [0.2, 0.25) is 5.91 Å². The average molecular weight is 458 g/mol. The number of urea groups is 1. The van der Waals surface area contributed by atoms with Crippen molar-refractivity contribution in [3.63, 3.8) is 0 Å². The number of hydrogen-bond acceptors (Lipinski definition) is 6. The van der Waals surface area contributed by atoms with E-state index in [4.69, 9.17) is 5.21 Å². The van der Waals surface area contributed by atoms with Gasteiger partial charge in [-0.3, -0.25) is 19.7 Å². The van der Waals surface area contributed by atoms with Gasteiger partial charge < -0.3 is 15.1 Å². The molecule has 6 rings (SSSR count). The van der Waals surface area contributed by atoms with Crippen LogP contribution in [0.5, 0.6) is 11.5 Å². The molecule has 4 bridgehead atoms. The molecule has 5 fully saturated rings. The van der Waals surface area contributed by atoms with Crippen molar-refractivity contribution in [3.8, 4) is 11.5 Å². The fourth-order valence-electron chi connectivity index (χ4n) is 7.26. The Balaban J connectivity index is 1.43. The highest BCUT2D eigenvalue weighted by molar-refractivity contribution is 6.05. The largest absolute Gasteiger partial charge is 0.508 e. The molecule has 5 aliphatic rings. The fraction of sp³-hybridized carbons (Fsp3) is 0.625. The number of benzene rings is 1. The van der Waals surface area contributed by atoms with Gasteiger partial charge in [0, 0.05) is 12.0 Å². The van der Waals surface area contributed by atoms with E-state index in [0.29, 0.717) is 29.7 Å². The summed E-state index contributed by atoms with van der Waals surface area (Å²) in [5.41, 5.74) is 1.53. The second kappa shape index (κ2) is 8.20. The Morgan fingerprint density at radius 1 is 1.06 bits per heavy atom. The molecule has 0 radical (unpaired) electrons. The third kappa shape index (κ3) is 3.82. The monoisotopic (exact) mass is 457 g/mol. The van der Waals surface area contributed by atoms with Crippen molar-refractivity contribution in [3.05, 3.63) is 23.8 Å². The van der Waals surface area contributed by atoms with Crippen LogP contribution in [0, 0.1) is 17.8 Å². The molecule has 1 aliphatic heterocycles. The van der Waals surface area contributed by atoms with E-state index in [1.807, 2.05) is 0 Å². The highest BCUT2D eigenvalue weighted by Gasteiger charge is 2.60. The quantitative estimate of drug-likeness (QED) is 0.216. The second-order valence-corrected chi connectivity index (χ2v) is 10.5. The smallest absolute Gasteiger partial charge is 0.328 e. The first-order valence-electron chi connectivity index (χ1n) is 11.9. The van der Waals surface area contributed by atoms with Gasteiger partial charge in [-0.25, -0.2) is 10.3 Å². The molecular formula is C24H31N3O6. The van der Waals surface area contributed by atoms with Crippen molar-refractivity contribution < 1.29 is 29.8 Å². The number of aromatic hydroxyl groups is 2. The molecule has 4 aliphatic carbocycles. The minimum atomic E-state index is -0.751. The maximum atomic E-state index is 13.8. The number of phenols is 2. The lowest BCUT2D eigenvalue weighted by atomic mass is 9.52. The summed E-state index contributed by atoms with van der Waals surface area (Å²) in [6.45, 7) is -0.00939. The van der Waals surface area contributed by atoms with Gasteiger partial charge in [-0.05, 0) is 87.3 Å². The van der Waals surface area contributed by atoms with Crippen molar-refractivity contribution in [1.82, 2.24) is 15.3 Å². The van der Waals surface area contributed by atoms with Crippen molar-refractivity contribution in [2.24, 2.45) is 17.8 Å². The van der Waals surface area contributed by atoms with Crippen LogP contribution in [0.15, 0.2) is 18.2 Å². The Hall–Kier alpha value is -2.81. The molecule has 4 amide bonds. The van der Waals surface area contributed by atoms with E-state index in [1.54, 1.807) is 5.48 Å². The maximum Gasteiger partial charge on any atom is 0.328 e. The highest BCUT2D eigenvalue weighted by Crippen LogP contribution is 2.58. The summed E-state index contributed by atoms with van der Waals surface area (Å²) in [6, 6.07) is 3.03. The summed E-state index contributed by atoms with van der Waals surface area (Å²) in [6.07, 6.45) is 6.80. The number of nitrogens with zero attached hydrogens (tertiary/aromatic N) is 2. The van der Waals surface area contributed by atoms with Gasteiger partial charge >= 0.3 is 6.03 Å². The van der Waals surface area contributed by atoms with Gasteiger partial charge in [0.15, 0.2) is 0 Å². The van der Waals surface area contributed by atoms with Gasteiger partial charge in [0.1, 0.15) is 17.5 Å². The number of hydroxylamine groups is 1. The number of amides is 4. The van der Waals surface area contributed by atoms with Crippen LogP contribution >= 0.6 is 0 Å². The van der Waals surface area contributed by atoms with Crippen molar-refractivity contribution in [2.45, 2.75) is 75.9 Å². The predicted molar refractivity (Wildman–Crippen MR) is 116 cm³/mol. The van der Waals surface area contributed by atoms with E-state index in [-0.39, 0.29) is 42.8 Å². The average Bonchev–Trinajstić information content (AvgIpc) is 2.99. The SMILES string of the molecule is O=C(CCCC1C(=O)N(C23CC4CC(CC(C4)C2)C3)C(=O)N1Cc1cc(O)ccc1O)NO. The van der Waals surface area contributed by atoms with E-state index in [2.05, 4.69) is 0 Å². The van der Waals surface area contributed by atoms with Crippen LogP contribution in [-0.4, -0.2) is 54.6 Å². The van der Waals surface area contributed by atoms with E-state index < -0.39 is 17.5 Å². The van der Waals surface area contributed by atoms with Crippen LogP contribution < -0.4 is 5.48 Å². The normalized spacial score (nSPS) is 32.6. The number of imide groups is 1. The molecule has 4 saturated carbocycles. The molecule has 9 nitrogen and oxygen atoms in total. The summed E-state index contributed by atoms with van der Waals surface area (Å²) in [4.78, 5) is 42.0. The number of carbonyl (C=O) groups excluding carboxylic acids is 3. The Morgan fingerprint density at radius 3 is 2.30 bits per heavy atom. The first-order valence-corrected chi connectivity index (χ1v) is 11.9. The maximum absolute atomic E-state index is 13.8. The van der Waals surface area contributed by atoms with Crippen molar-refractivity contribution >= 4 is 17.8 Å². The zero-order chi connectivity index (χ0) is 23.3. The first-order chi connectivity index (χ1) is 15.8. The lowest BCUT2D eigenvalue weighted by molar-refractivity contribution is -0.141. The lowest BCUT2D eigenvalue weighted by Crippen LogP contribution is -2.62. The van der Waals surface area contributed by atoms with Crippen molar-refractivity contribution in [2.75, 3.05) is 0 Å². The Morgan fingerprint density at radius 2 is 1.70 bits per heavy atom. The van der Waals surface area contributed by atoms with E-state index in [9.17, 15) is 24.6 Å². The Labute approximate surface area is 192 Å². The van der Waals surface area contributed by atoms with Crippen LogP contribution in [0.4, 0.5) is 4.79 Å². The molecule has 1 aromatic carbocycles. The van der Waals surface area contributed by atoms with Crippen LogP contribution in [-0.2, 0) is 16.1 Å². The molecule has 1 saturated heterocycles. The molecule has 1 aromatic rings. The highest BCUT2D eigenvalue weighted by atomic mass is 16.5. The van der Waals surface area contributed by atoms with Gasteiger partial charge in [-0.2, -0.15) is 0 Å². The predicted octanol–water partition coefficient (Wildman–Crippen LogP) is 2.88. The van der Waals surface area contributed by atoms with E-state index in [1.165, 1.54) is 47.3 Å². The molecule has 4 N–H and O–H groups in total. The van der Waals surface area contributed by atoms with Crippen molar-refractivity contribution in [1.29, 1.82) is 0 Å². The minimum absolute atomic E-state index is 0.00939. The summed E-state index contributed by atoms with van der Waals surface area (Å²) in [5, 5.41) is 28.9. The Bertz CT molecular complexity index is 944. The first kappa shape index (κ1) is 22.0. The molecule has 1 heterocycles. The van der Waals surface area contributed by atoms with Crippen LogP contribution in [0.25, 0.3) is 0 Å². The molecular weight excluding hydrogens is 426 g/mol. The number of nitrogens with one attached hydrogen (secondary N) is 1. The van der Waals surface area contributed by atoms with Crippen LogP contribution in [0.1, 0.15) is 63.4 Å². The minimum Gasteiger partial charge on any atom is -0.508 e. The fourth-order valence-corrected chi connectivity index (χ4v) is 7.26. The topological polar surface area (TPSA) is 130 Å². The number of hydrogen-bond donors (Lipinski definition) is 4. The summed E-state index contributed by atoms with van der Waals surface area (Å²) in [7, 11) is 0. The summed E-state index contributed by atoms with van der Waals surface area (Å²) >= 11 is 0. The second-order valence-electron chi connectivity index (χ2n) is 10.5. The molecule has 178 valence electrons. The molecule has 33 heavy (non-hydrogen) atoms. The number of rotatable bonds is 7. The summed E-state index contributed by atoms with van der Waals surface area (Å²) < 4.78 is 0.